The monoisotopic (exact) mass is 296 g/mol. The summed E-state index contributed by atoms with van der Waals surface area (Å²) in [7, 11) is 0. The third kappa shape index (κ3) is 2.96. The molecule has 2 aromatic heterocycles. The Hall–Kier alpha value is -2.58. The summed E-state index contributed by atoms with van der Waals surface area (Å²) < 4.78 is 10.1. The van der Waals surface area contributed by atoms with Crippen molar-refractivity contribution in [1.82, 2.24) is 0 Å². The maximum absolute atomic E-state index is 11.5. The van der Waals surface area contributed by atoms with Gasteiger partial charge < -0.3 is 29.3 Å². The van der Waals surface area contributed by atoms with E-state index < -0.39 is 42.0 Å². The van der Waals surface area contributed by atoms with Crippen LogP contribution in [0.25, 0.3) is 0 Å². The Bertz CT molecular complexity index is 705. The first-order chi connectivity index (χ1) is 9.96. The second kappa shape index (κ2) is 5.81. The van der Waals surface area contributed by atoms with Gasteiger partial charge in [0.2, 0.25) is 22.4 Å². The highest BCUT2D eigenvalue weighted by molar-refractivity contribution is 5.32. The average Bonchev–Trinajstić information content (AvgIpc) is 2.47. The Morgan fingerprint density at radius 3 is 1.52 bits per heavy atom. The first-order valence-corrected chi connectivity index (χ1v) is 5.87. The van der Waals surface area contributed by atoms with Crippen LogP contribution in [0.1, 0.15) is 23.0 Å². The molecule has 2 heterocycles. The molecule has 8 nitrogen and oxygen atoms in total. The van der Waals surface area contributed by atoms with Crippen molar-refractivity contribution in [2.45, 2.75) is 19.6 Å². The molecule has 0 aliphatic carbocycles. The van der Waals surface area contributed by atoms with E-state index >= 15 is 0 Å². The minimum absolute atomic E-state index is 0.0899. The lowest BCUT2D eigenvalue weighted by atomic mass is 10.2. The van der Waals surface area contributed by atoms with Gasteiger partial charge in [-0.1, -0.05) is 0 Å². The van der Waals surface area contributed by atoms with Crippen LogP contribution in [-0.2, 0) is 19.6 Å². The van der Waals surface area contributed by atoms with Gasteiger partial charge in [-0.3, -0.25) is 9.59 Å². The molecule has 4 N–H and O–H groups in total. The highest BCUT2D eigenvalue weighted by atomic mass is 16.4. The van der Waals surface area contributed by atoms with Crippen LogP contribution in [0.3, 0.4) is 0 Å². The van der Waals surface area contributed by atoms with E-state index in [4.69, 9.17) is 19.0 Å². The standard InChI is InChI=1S/C13H12O8/c14-4-6-1-8(16)12(18)10(20-6)3-11-13(19)9(17)2-7(5-15)21-11/h1-2,14-15,18-19H,3-5H2. The molecular weight excluding hydrogens is 284 g/mol. The first-order valence-electron chi connectivity index (χ1n) is 5.87. The summed E-state index contributed by atoms with van der Waals surface area (Å²) in [6.07, 6.45) is -0.399. The van der Waals surface area contributed by atoms with Gasteiger partial charge in [0, 0.05) is 12.1 Å². The van der Waals surface area contributed by atoms with Crippen LogP contribution in [0.15, 0.2) is 30.6 Å². The van der Waals surface area contributed by atoms with Crippen LogP contribution in [-0.4, -0.2) is 20.4 Å². The molecule has 112 valence electrons. The molecule has 0 aromatic carbocycles. The zero-order chi connectivity index (χ0) is 15.6. The normalized spacial score (nSPS) is 10.8. The van der Waals surface area contributed by atoms with Crippen LogP contribution in [0.4, 0.5) is 0 Å². The van der Waals surface area contributed by atoms with Crippen molar-refractivity contribution in [2.24, 2.45) is 0 Å². The van der Waals surface area contributed by atoms with Gasteiger partial charge in [0.05, 0.1) is 6.42 Å². The number of aliphatic hydroxyl groups excluding tert-OH is 2. The molecule has 0 saturated carbocycles. The summed E-state index contributed by atoms with van der Waals surface area (Å²) in [5.41, 5.74) is -1.55. The van der Waals surface area contributed by atoms with E-state index in [1.807, 2.05) is 0 Å². The number of hydrogen-bond donors (Lipinski definition) is 4. The minimum atomic E-state index is -0.777. The molecule has 0 radical (unpaired) electrons. The molecule has 0 saturated heterocycles. The molecule has 2 rings (SSSR count). The fourth-order valence-corrected chi connectivity index (χ4v) is 1.72. The molecule has 0 aliphatic rings. The molecule has 21 heavy (non-hydrogen) atoms. The molecule has 0 unspecified atom stereocenters. The molecule has 0 spiro atoms. The highest BCUT2D eigenvalue weighted by Gasteiger charge is 2.17. The van der Waals surface area contributed by atoms with E-state index in [1.165, 1.54) is 0 Å². The molecule has 2 aromatic rings. The topological polar surface area (TPSA) is 141 Å². The Balaban J connectivity index is 2.52. The van der Waals surface area contributed by atoms with Crippen molar-refractivity contribution in [3.63, 3.8) is 0 Å². The van der Waals surface area contributed by atoms with E-state index in [9.17, 15) is 19.8 Å². The maximum Gasteiger partial charge on any atom is 0.227 e. The smallest absolute Gasteiger partial charge is 0.227 e. The van der Waals surface area contributed by atoms with Crippen molar-refractivity contribution >= 4 is 0 Å². The summed E-state index contributed by atoms with van der Waals surface area (Å²) in [6.45, 7) is -1.12. The highest BCUT2D eigenvalue weighted by Crippen LogP contribution is 2.22. The predicted octanol–water partition coefficient (Wildman–Crippen LogP) is -0.420. The Kier molecular flexibility index (Phi) is 4.10. The van der Waals surface area contributed by atoms with Crippen molar-refractivity contribution in [3.05, 3.63) is 55.6 Å². The number of rotatable bonds is 4. The number of hydrogen-bond acceptors (Lipinski definition) is 8. The second-order valence-electron chi connectivity index (χ2n) is 4.19. The Labute approximate surface area is 117 Å². The molecular formula is C13H12O8. The molecule has 8 heteroatoms. The lowest BCUT2D eigenvalue weighted by Gasteiger charge is -2.07. The lowest BCUT2D eigenvalue weighted by Crippen LogP contribution is -2.08. The molecule has 0 bridgehead atoms. The fourth-order valence-electron chi connectivity index (χ4n) is 1.72. The van der Waals surface area contributed by atoms with E-state index in [-0.39, 0.29) is 23.0 Å². The van der Waals surface area contributed by atoms with Gasteiger partial charge in [-0.25, -0.2) is 0 Å². The Morgan fingerprint density at radius 1 is 0.810 bits per heavy atom. The summed E-state index contributed by atoms with van der Waals surface area (Å²) in [6, 6.07) is 1.83. The average molecular weight is 296 g/mol. The van der Waals surface area contributed by atoms with E-state index in [1.54, 1.807) is 0 Å². The Morgan fingerprint density at radius 2 is 1.19 bits per heavy atom. The zero-order valence-electron chi connectivity index (χ0n) is 10.7. The van der Waals surface area contributed by atoms with Crippen LogP contribution >= 0.6 is 0 Å². The van der Waals surface area contributed by atoms with Crippen LogP contribution in [0.2, 0.25) is 0 Å². The zero-order valence-corrected chi connectivity index (χ0v) is 10.7. The number of aromatic hydroxyl groups is 2. The molecule has 0 atom stereocenters. The molecule has 0 amide bonds. The van der Waals surface area contributed by atoms with Crippen molar-refractivity contribution in [1.29, 1.82) is 0 Å². The quantitative estimate of drug-likeness (QED) is 0.596. The second-order valence-corrected chi connectivity index (χ2v) is 4.19. The third-order valence-corrected chi connectivity index (χ3v) is 2.72. The summed E-state index contributed by atoms with van der Waals surface area (Å²) >= 11 is 0. The third-order valence-electron chi connectivity index (χ3n) is 2.72. The van der Waals surface area contributed by atoms with Crippen molar-refractivity contribution < 1.29 is 29.3 Å². The van der Waals surface area contributed by atoms with Crippen molar-refractivity contribution in [3.8, 4) is 11.5 Å². The summed E-state index contributed by atoms with van der Waals surface area (Å²) in [4.78, 5) is 22.9. The van der Waals surface area contributed by atoms with Crippen molar-refractivity contribution in [2.75, 3.05) is 0 Å². The number of aliphatic hydroxyl groups is 2. The van der Waals surface area contributed by atoms with Gasteiger partial charge in [0.25, 0.3) is 0 Å². The molecule has 0 fully saturated rings. The van der Waals surface area contributed by atoms with E-state index in [0.29, 0.717) is 0 Å². The summed E-state index contributed by atoms with van der Waals surface area (Å²) in [5.74, 6) is -2.17. The van der Waals surface area contributed by atoms with Gasteiger partial charge >= 0.3 is 0 Å². The van der Waals surface area contributed by atoms with E-state index in [2.05, 4.69) is 0 Å². The van der Waals surface area contributed by atoms with Gasteiger partial charge in [0.1, 0.15) is 24.7 Å². The molecule has 0 aliphatic heterocycles. The largest absolute Gasteiger partial charge is 0.502 e. The lowest BCUT2D eigenvalue weighted by molar-refractivity contribution is 0.228. The first kappa shape index (κ1) is 14.8. The predicted molar refractivity (Wildman–Crippen MR) is 67.9 cm³/mol. The van der Waals surface area contributed by atoms with Crippen LogP contribution < -0.4 is 10.9 Å². The van der Waals surface area contributed by atoms with Crippen LogP contribution in [0.5, 0.6) is 11.5 Å². The van der Waals surface area contributed by atoms with Gasteiger partial charge in [-0.2, -0.15) is 0 Å². The SMILES string of the molecule is O=c1cc(CO)oc(Cc2oc(CO)cc(=O)c2O)c1O. The van der Waals surface area contributed by atoms with Gasteiger partial charge in [-0.05, 0) is 0 Å². The van der Waals surface area contributed by atoms with Gasteiger partial charge in [0.15, 0.2) is 11.5 Å². The van der Waals surface area contributed by atoms with E-state index in [0.717, 1.165) is 12.1 Å². The van der Waals surface area contributed by atoms with Gasteiger partial charge in [-0.15, -0.1) is 0 Å². The maximum atomic E-state index is 11.5. The minimum Gasteiger partial charge on any atom is -0.502 e. The summed E-state index contributed by atoms with van der Waals surface area (Å²) in [5, 5.41) is 37.2. The van der Waals surface area contributed by atoms with Crippen LogP contribution in [0, 0.1) is 0 Å². The fraction of sp³-hybridized carbons (Fsp3) is 0.231.